The highest BCUT2D eigenvalue weighted by Gasteiger charge is 2.22. The van der Waals surface area contributed by atoms with Crippen molar-refractivity contribution in [1.29, 1.82) is 0 Å². The van der Waals surface area contributed by atoms with Gasteiger partial charge in [0.05, 0.1) is 0 Å². The monoisotopic (exact) mass is 284 g/mol. The third-order valence-electron chi connectivity index (χ3n) is 2.85. The van der Waals surface area contributed by atoms with Crippen LogP contribution in [0.4, 0.5) is 4.79 Å². The molecule has 1 aromatic carbocycles. The Morgan fingerprint density at radius 3 is 3.00 bits per heavy atom. The number of amides is 1. The first-order valence-corrected chi connectivity index (χ1v) is 5.89. The molecule has 1 aliphatic rings. The second-order valence-electron chi connectivity index (χ2n) is 3.94. The highest BCUT2D eigenvalue weighted by Crippen LogP contribution is 2.27. The molecule has 1 heterocycles. The molecule has 0 spiro atoms. The summed E-state index contributed by atoms with van der Waals surface area (Å²) in [6, 6.07) is 5.77. The fourth-order valence-electron chi connectivity index (χ4n) is 1.97. The van der Waals surface area contributed by atoms with Crippen molar-refractivity contribution in [1.82, 2.24) is 4.90 Å². The predicted molar refractivity (Wildman–Crippen MR) is 64.1 cm³/mol. The van der Waals surface area contributed by atoms with Gasteiger partial charge in [0.1, 0.15) is 0 Å². The lowest BCUT2D eigenvalue weighted by Gasteiger charge is -2.16. The number of benzene rings is 1. The maximum atomic E-state index is 11.0. The van der Waals surface area contributed by atoms with Gasteiger partial charge in [0.15, 0.2) is 0 Å². The summed E-state index contributed by atoms with van der Waals surface area (Å²) in [6.45, 7) is 0.903. The fourth-order valence-corrected chi connectivity index (χ4v) is 2.38. The van der Waals surface area contributed by atoms with Gasteiger partial charge in [-0.3, -0.25) is 0 Å². The summed E-state index contributed by atoms with van der Waals surface area (Å²) in [5.41, 5.74) is 8.06. The summed E-state index contributed by atoms with van der Waals surface area (Å²) >= 11 is 3.39. The summed E-state index contributed by atoms with van der Waals surface area (Å²) in [4.78, 5) is 12.4. The topological polar surface area (TPSA) is 66.6 Å². The number of nitrogens with two attached hydrogens (primary N) is 1. The van der Waals surface area contributed by atoms with E-state index in [1.807, 2.05) is 18.2 Å². The first-order valence-electron chi connectivity index (χ1n) is 5.09. The fraction of sp³-hybridized carbons (Fsp3) is 0.364. The highest BCUT2D eigenvalue weighted by molar-refractivity contribution is 9.10. The Bertz CT molecular complexity index is 422. The Morgan fingerprint density at radius 1 is 1.56 bits per heavy atom. The van der Waals surface area contributed by atoms with Crippen LogP contribution in [0.1, 0.15) is 23.6 Å². The molecule has 1 atom stereocenters. The number of carboxylic acid groups (broad SMARTS) is 1. The predicted octanol–water partition coefficient (Wildman–Crippen LogP) is 2.33. The number of halogens is 1. The van der Waals surface area contributed by atoms with Crippen molar-refractivity contribution in [3.05, 3.63) is 33.8 Å². The van der Waals surface area contributed by atoms with Crippen molar-refractivity contribution in [2.75, 3.05) is 6.54 Å². The molecule has 4 nitrogen and oxygen atoms in total. The molecule has 86 valence electrons. The van der Waals surface area contributed by atoms with Crippen molar-refractivity contribution < 1.29 is 9.90 Å². The van der Waals surface area contributed by atoms with E-state index in [-0.39, 0.29) is 6.04 Å². The number of hydrogen-bond acceptors (Lipinski definition) is 2. The average molecular weight is 285 g/mol. The molecular weight excluding hydrogens is 272 g/mol. The van der Waals surface area contributed by atoms with E-state index < -0.39 is 6.09 Å². The Hall–Kier alpha value is -1.07. The zero-order valence-electron chi connectivity index (χ0n) is 8.69. The average Bonchev–Trinajstić information content (AvgIpc) is 2.38. The van der Waals surface area contributed by atoms with E-state index in [2.05, 4.69) is 15.9 Å². The Balaban J connectivity index is 2.38. The van der Waals surface area contributed by atoms with Crippen LogP contribution in [0, 0.1) is 0 Å². The van der Waals surface area contributed by atoms with Gasteiger partial charge in [0, 0.05) is 23.6 Å². The van der Waals surface area contributed by atoms with E-state index in [0.29, 0.717) is 19.5 Å². The summed E-state index contributed by atoms with van der Waals surface area (Å²) in [5, 5.41) is 9.02. The lowest BCUT2D eigenvalue weighted by atomic mass is 10.0. The van der Waals surface area contributed by atoms with E-state index in [1.165, 1.54) is 4.90 Å². The summed E-state index contributed by atoms with van der Waals surface area (Å²) in [6.07, 6.45) is -0.221. The second-order valence-corrected chi connectivity index (χ2v) is 4.86. The van der Waals surface area contributed by atoms with Crippen LogP contribution in [0.3, 0.4) is 0 Å². The highest BCUT2D eigenvalue weighted by atomic mass is 79.9. The van der Waals surface area contributed by atoms with Gasteiger partial charge in [0.25, 0.3) is 0 Å². The van der Waals surface area contributed by atoms with Gasteiger partial charge in [-0.15, -0.1) is 0 Å². The molecule has 3 N–H and O–H groups in total. The van der Waals surface area contributed by atoms with Crippen molar-refractivity contribution >= 4 is 22.0 Å². The van der Waals surface area contributed by atoms with Gasteiger partial charge in [-0.25, -0.2) is 4.79 Å². The van der Waals surface area contributed by atoms with Crippen LogP contribution in [0.15, 0.2) is 22.7 Å². The van der Waals surface area contributed by atoms with Crippen molar-refractivity contribution in [2.45, 2.75) is 19.0 Å². The van der Waals surface area contributed by atoms with Crippen LogP contribution >= 0.6 is 15.9 Å². The summed E-state index contributed by atoms with van der Waals surface area (Å²) < 4.78 is 0.950. The third-order valence-corrected chi connectivity index (χ3v) is 3.34. The van der Waals surface area contributed by atoms with Crippen LogP contribution in [0.25, 0.3) is 0 Å². The van der Waals surface area contributed by atoms with E-state index >= 15 is 0 Å². The first-order chi connectivity index (χ1) is 7.58. The normalized spacial score (nSPS) is 20.1. The van der Waals surface area contributed by atoms with Crippen LogP contribution in [0.2, 0.25) is 0 Å². The molecule has 2 rings (SSSR count). The zero-order chi connectivity index (χ0) is 11.7. The number of fused-ring (bicyclic) bond motifs is 1. The lowest BCUT2D eigenvalue weighted by Crippen LogP contribution is -2.29. The molecule has 1 aromatic rings. The smallest absolute Gasteiger partial charge is 0.407 e. The minimum Gasteiger partial charge on any atom is -0.465 e. The SMILES string of the molecule is NC1CCN(C(=O)O)Cc2cc(Br)ccc21. The number of hydrogen-bond donors (Lipinski definition) is 2. The van der Waals surface area contributed by atoms with E-state index in [4.69, 9.17) is 10.8 Å². The second kappa shape index (κ2) is 4.43. The van der Waals surface area contributed by atoms with E-state index in [1.54, 1.807) is 0 Å². The summed E-state index contributed by atoms with van der Waals surface area (Å²) in [5.74, 6) is 0. The molecule has 0 saturated heterocycles. The molecule has 16 heavy (non-hydrogen) atoms. The Labute approximate surface area is 102 Å². The molecule has 0 aromatic heterocycles. The molecule has 0 saturated carbocycles. The van der Waals surface area contributed by atoms with Crippen LogP contribution in [-0.2, 0) is 6.54 Å². The Morgan fingerprint density at radius 2 is 2.31 bits per heavy atom. The minimum absolute atomic E-state index is 0.0764. The first kappa shape index (κ1) is 11.4. The van der Waals surface area contributed by atoms with Crippen LogP contribution < -0.4 is 5.73 Å². The molecule has 0 bridgehead atoms. The van der Waals surface area contributed by atoms with Crippen molar-refractivity contribution in [2.24, 2.45) is 5.73 Å². The molecular formula is C11H13BrN2O2. The van der Waals surface area contributed by atoms with Gasteiger partial charge in [-0.05, 0) is 29.7 Å². The maximum absolute atomic E-state index is 11.0. The number of nitrogens with zero attached hydrogens (tertiary/aromatic N) is 1. The van der Waals surface area contributed by atoms with Gasteiger partial charge < -0.3 is 15.7 Å². The van der Waals surface area contributed by atoms with Gasteiger partial charge in [-0.2, -0.15) is 0 Å². The summed E-state index contributed by atoms with van der Waals surface area (Å²) in [7, 11) is 0. The molecule has 1 amide bonds. The van der Waals surface area contributed by atoms with Gasteiger partial charge >= 0.3 is 6.09 Å². The number of carbonyl (C=O) groups is 1. The van der Waals surface area contributed by atoms with Crippen molar-refractivity contribution in [3.8, 4) is 0 Å². The third kappa shape index (κ3) is 2.20. The number of rotatable bonds is 0. The molecule has 1 unspecified atom stereocenters. The lowest BCUT2D eigenvalue weighted by molar-refractivity contribution is 0.142. The van der Waals surface area contributed by atoms with Gasteiger partial charge in [0.2, 0.25) is 0 Å². The molecule has 0 fully saturated rings. The van der Waals surface area contributed by atoms with E-state index in [0.717, 1.165) is 15.6 Å². The maximum Gasteiger partial charge on any atom is 0.407 e. The minimum atomic E-state index is -0.889. The van der Waals surface area contributed by atoms with Crippen LogP contribution in [-0.4, -0.2) is 22.6 Å². The van der Waals surface area contributed by atoms with E-state index in [9.17, 15) is 4.79 Å². The van der Waals surface area contributed by atoms with Crippen LogP contribution in [0.5, 0.6) is 0 Å². The molecule has 0 aliphatic carbocycles. The van der Waals surface area contributed by atoms with Crippen molar-refractivity contribution in [3.63, 3.8) is 0 Å². The Kier molecular flexibility index (Phi) is 3.16. The zero-order valence-corrected chi connectivity index (χ0v) is 10.3. The largest absolute Gasteiger partial charge is 0.465 e. The van der Waals surface area contributed by atoms with Gasteiger partial charge in [-0.1, -0.05) is 22.0 Å². The molecule has 1 aliphatic heterocycles. The molecule has 5 heteroatoms. The standard InChI is InChI=1S/C11H13BrN2O2/c12-8-1-2-9-7(5-8)6-14(11(15)16)4-3-10(9)13/h1-2,5,10H,3-4,6,13H2,(H,15,16). The molecule has 0 radical (unpaired) electrons. The quantitative estimate of drug-likeness (QED) is 0.768.